The van der Waals surface area contributed by atoms with Crippen LogP contribution in [0.25, 0.3) is 0 Å². The van der Waals surface area contributed by atoms with Gasteiger partial charge in [0.15, 0.2) is 6.79 Å². The Bertz CT molecular complexity index is 200. The highest BCUT2D eigenvalue weighted by molar-refractivity contribution is 5.70. The molecule has 14 heavy (non-hydrogen) atoms. The molecule has 7 nitrogen and oxygen atoms in total. The van der Waals surface area contributed by atoms with Gasteiger partial charge < -0.3 is 24.6 Å². The lowest BCUT2D eigenvalue weighted by Crippen LogP contribution is -2.21. The lowest BCUT2D eigenvalue weighted by molar-refractivity contribution is -0.220. The average molecular weight is 208 g/mol. The molecule has 82 valence electrons. The molecular formula is C7H12O7. The van der Waals surface area contributed by atoms with Crippen LogP contribution in [0.4, 0.5) is 0 Å². The molecule has 0 heterocycles. The van der Waals surface area contributed by atoms with Gasteiger partial charge in [-0.1, -0.05) is 0 Å². The Hall–Kier alpha value is -1.31. The first-order chi connectivity index (χ1) is 6.69. The van der Waals surface area contributed by atoms with E-state index < -0.39 is 18.9 Å². The second-order valence-corrected chi connectivity index (χ2v) is 2.20. The van der Waals surface area contributed by atoms with Crippen molar-refractivity contribution in [3.05, 3.63) is 12.0 Å². The van der Waals surface area contributed by atoms with Gasteiger partial charge in [-0.25, -0.2) is 5.26 Å². The molecule has 0 amide bonds. The predicted octanol–water partition coefficient (Wildman–Crippen LogP) is -0.226. The Morgan fingerprint density at radius 1 is 1.57 bits per heavy atom. The van der Waals surface area contributed by atoms with Crippen LogP contribution in [0.1, 0.15) is 6.42 Å². The van der Waals surface area contributed by atoms with Crippen LogP contribution in [-0.4, -0.2) is 41.4 Å². The summed E-state index contributed by atoms with van der Waals surface area (Å²) in [4.78, 5) is 14.6. The molecule has 0 radical (unpaired) electrons. The Morgan fingerprint density at radius 3 is 2.57 bits per heavy atom. The van der Waals surface area contributed by atoms with Gasteiger partial charge in [0, 0.05) is 7.11 Å². The van der Waals surface area contributed by atoms with Crippen molar-refractivity contribution in [3.8, 4) is 0 Å². The van der Waals surface area contributed by atoms with Gasteiger partial charge >= 0.3 is 5.97 Å². The Balaban J connectivity index is 4.21. The number of carbonyl (C=O) groups is 1. The fourth-order valence-corrected chi connectivity index (χ4v) is 0.748. The van der Waals surface area contributed by atoms with Crippen LogP contribution in [0.5, 0.6) is 0 Å². The fourth-order valence-electron chi connectivity index (χ4n) is 0.748. The Morgan fingerprint density at radius 2 is 2.21 bits per heavy atom. The van der Waals surface area contributed by atoms with Crippen LogP contribution < -0.4 is 0 Å². The molecule has 0 bridgehead atoms. The molecule has 3 N–H and O–H groups in total. The first-order valence-electron chi connectivity index (χ1n) is 3.64. The van der Waals surface area contributed by atoms with Crippen LogP contribution in [0.2, 0.25) is 0 Å². The van der Waals surface area contributed by atoms with E-state index >= 15 is 0 Å². The molecule has 0 aliphatic rings. The van der Waals surface area contributed by atoms with Gasteiger partial charge in [0.25, 0.3) is 0 Å². The van der Waals surface area contributed by atoms with Gasteiger partial charge in [-0.05, 0) is 0 Å². The Kier molecular flexibility index (Phi) is 6.46. The maximum absolute atomic E-state index is 10.8. The number of aliphatic hydroxyl groups is 2. The predicted molar refractivity (Wildman–Crippen MR) is 43.0 cm³/mol. The molecule has 0 saturated heterocycles. The SMILES string of the molecule is COC(CC(=O)OCO)C(=CO)OO. The van der Waals surface area contributed by atoms with Crippen molar-refractivity contribution >= 4 is 5.97 Å². The minimum Gasteiger partial charge on any atom is -0.512 e. The van der Waals surface area contributed by atoms with Crippen molar-refractivity contribution < 1.29 is 34.6 Å². The molecule has 0 rings (SSSR count). The van der Waals surface area contributed by atoms with Crippen molar-refractivity contribution in [2.24, 2.45) is 0 Å². The smallest absolute Gasteiger partial charge is 0.311 e. The first kappa shape index (κ1) is 12.7. The highest BCUT2D eigenvalue weighted by Crippen LogP contribution is 2.10. The number of carbonyl (C=O) groups excluding carboxylic acids is 1. The summed E-state index contributed by atoms with van der Waals surface area (Å²) in [5.74, 6) is -1.09. The zero-order chi connectivity index (χ0) is 11.0. The minimum absolute atomic E-state index is 0.302. The number of hydrogen-bond donors (Lipinski definition) is 3. The molecule has 0 aromatic heterocycles. The summed E-state index contributed by atoms with van der Waals surface area (Å²) in [6.45, 7) is -0.743. The minimum atomic E-state index is -0.968. The lowest BCUT2D eigenvalue weighted by Gasteiger charge is -2.13. The van der Waals surface area contributed by atoms with Crippen LogP contribution in [0.3, 0.4) is 0 Å². The molecule has 0 fully saturated rings. The molecule has 0 aliphatic heterocycles. The van der Waals surface area contributed by atoms with Crippen molar-refractivity contribution in [2.75, 3.05) is 13.9 Å². The molecule has 7 heteroatoms. The summed E-state index contributed by atoms with van der Waals surface area (Å²) in [6, 6.07) is 0. The monoisotopic (exact) mass is 208 g/mol. The van der Waals surface area contributed by atoms with Crippen molar-refractivity contribution in [3.63, 3.8) is 0 Å². The fraction of sp³-hybridized carbons (Fsp3) is 0.571. The zero-order valence-corrected chi connectivity index (χ0v) is 7.54. The van der Waals surface area contributed by atoms with E-state index in [-0.39, 0.29) is 12.2 Å². The van der Waals surface area contributed by atoms with Crippen LogP contribution in [-0.2, 0) is 19.2 Å². The number of hydrogen-bond acceptors (Lipinski definition) is 7. The zero-order valence-electron chi connectivity index (χ0n) is 7.54. The van der Waals surface area contributed by atoms with Gasteiger partial charge in [0.05, 0.1) is 6.42 Å². The van der Waals surface area contributed by atoms with Crippen LogP contribution in [0.15, 0.2) is 12.0 Å². The average Bonchev–Trinajstić information content (AvgIpc) is 2.18. The highest BCUT2D eigenvalue weighted by Gasteiger charge is 2.21. The van der Waals surface area contributed by atoms with Crippen LogP contribution in [0, 0.1) is 0 Å². The van der Waals surface area contributed by atoms with E-state index in [1.165, 1.54) is 7.11 Å². The number of aliphatic hydroxyl groups excluding tert-OH is 2. The molecule has 0 saturated carbocycles. The maximum Gasteiger partial charge on any atom is 0.311 e. The maximum atomic E-state index is 10.8. The summed E-state index contributed by atoms with van der Waals surface area (Å²) in [5, 5.41) is 25.0. The van der Waals surface area contributed by atoms with Crippen molar-refractivity contribution in [1.29, 1.82) is 0 Å². The van der Waals surface area contributed by atoms with Gasteiger partial charge in [-0.2, -0.15) is 0 Å². The van der Waals surface area contributed by atoms with Gasteiger partial charge in [0.2, 0.25) is 5.76 Å². The van der Waals surface area contributed by atoms with Crippen LogP contribution >= 0.6 is 0 Å². The van der Waals surface area contributed by atoms with E-state index in [2.05, 4.69) is 9.62 Å². The van der Waals surface area contributed by atoms with E-state index in [0.717, 1.165) is 0 Å². The summed E-state index contributed by atoms with van der Waals surface area (Å²) in [5.41, 5.74) is 0. The second-order valence-electron chi connectivity index (χ2n) is 2.20. The molecule has 0 aromatic rings. The normalized spacial score (nSPS) is 13.5. The third kappa shape index (κ3) is 4.08. The third-order valence-corrected chi connectivity index (χ3v) is 1.41. The summed E-state index contributed by atoms with van der Waals surface area (Å²) >= 11 is 0. The molecule has 1 atom stereocenters. The van der Waals surface area contributed by atoms with E-state index in [4.69, 9.17) is 20.2 Å². The largest absolute Gasteiger partial charge is 0.512 e. The molecule has 0 aromatic carbocycles. The highest BCUT2D eigenvalue weighted by atomic mass is 17.1. The molecule has 1 unspecified atom stereocenters. The molecule has 0 spiro atoms. The lowest BCUT2D eigenvalue weighted by atomic mass is 10.2. The Labute approximate surface area is 80.1 Å². The van der Waals surface area contributed by atoms with Gasteiger partial charge in [0.1, 0.15) is 12.4 Å². The summed E-state index contributed by atoms with van der Waals surface area (Å²) in [6.07, 6.45) is -0.811. The van der Waals surface area contributed by atoms with Crippen molar-refractivity contribution in [2.45, 2.75) is 12.5 Å². The summed E-state index contributed by atoms with van der Waals surface area (Å²) < 4.78 is 8.92. The number of ether oxygens (including phenoxy) is 2. The molecule has 0 aliphatic carbocycles. The van der Waals surface area contributed by atoms with E-state index in [9.17, 15) is 4.79 Å². The number of esters is 1. The topological polar surface area (TPSA) is 105 Å². The van der Waals surface area contributed by atoms with Crippen molar-refractivity contribution in [1.82, 2.24) is 0 Å². The van der Waals surface area contributed by atoms with E-state index in [0.29, 0.717) is 6.26 Å². The number of rotatable bonds is 6. The van der Waals surface area contributed by atoms with E-state index in [1.54, 1.807) is 0 Å². The summed E-state index contributed by atoms with van der Waals surface area (Å²) in [7, 11) is 1.25. The van der Waals surface area contributed by atoms with E-state index in [1.807, 2.05) is 0 Å². The standard InChI is InChI=1S/C7H12O7/c1-12-5(6(3-8)14-11)2-7(10)13-4-9/h3,5,8-9,11H,2,4H2,1H3. The van der Waals surface area contributed by atoms with Gasteiger partial charge in [-0.15, -0.1) is 0 Å². The third-order valence-electron chi connectivity index (χ3n) is 1.41. The number of methoxy groups -OCH3 is 1. The molecular weight excluding hydrogens is 196 g/mol. The first-order valence-corrected chi connectivity index (χ1v) is 3.64. The quantitative estimate of drug-likeness (QED) is 0.182. The van der Waals surface area contributed by atoms with Gasteiger partial charge in [-0.3, -0.25) is 4.79 Å². The second kappa shape index (κ2) is 7.13.